The fraction of sp³-hybridized carbons (Fsp3) is 0.250. The summed E-state index contributed by atoms with van der Waals surface area (Å²) in [4.78, 5) is 54.1. The van der Waals surface area contributed by atoms with Crippen LogP contribution in [0.5, 0.6) is 0 Å². The maximum Gasteiger partial charge on any atom is 0.269 e. The molecule has 6 rings (SSSR count). The first-order valence-electron chi connectivity index (χ1n) is 17.1. The molecule has 0 aliphatic carbocycles. The first-order chi connectivity index (χ1) is 25.1. The average molecular weight is 702 g/mol. The van der Waals surface area contributed by atoms with Crippen molar-refractivity contribution in [3.05, 3.63) is 148 Å². The van der Waals surface area contributed by atoms with Crippen LogP contribution < -0.4 is 9.91 Å². The van der Waals surface area contributed by atoms with Gasteiger partial charge in [-0.15, -0.1) is 0 Å². The number of amides is 3. The molecule has 4 aromatic rings. The van der Waals surface area contributed by atoms with E-state index < -0.39 is 22.3 Å². The van der Waals surface area contributed by atoms with Gasteiger partial charge in [0.1, 0.15) is 0 Å². The Labute approximate surface area is 301 Å². The number of nitrogens with zero attached hydrogens (tertiary/aromatic N) is 5. The number of carbonyl (C=O) groups is 3. The predicted octanol–water partition coefficient (Wildman–Crippen LogP) is 5.46. The highest BCUT2D eigenvalue weighted by Crippen LogP contribution is 2.47. The van der Waals surface area contributed by atoms with Crippen molar-refractivity contribution < 1.29 is 29.5 Å². The van der Waals surface area contributed by atoms with E-state index in [2.05, 4.69) is 5.10 Å². The van der Waals surface area contributed by atoms with Gasteiger partial charge >= 0.3 is 0 Å². The number of carbonyl (C=O) groups excluding carboxylic acids is 3. The van der Waals surface area contributed by atoms with Gasteiger partial charge in [-0.25, -0.2) is 5.01 Å². The van der Waals surface area contributed by atoms with Crippen LogP contribution in [0.3, 0.4) is 0 Å². The van der Waals surface area contributed by atoms with Crippen LogP contribution in [0.1, 0.15) is 48.4 Å². The number of rotatable bonds is 13. The highest BCUT2D eigenvalue weighted by molar-refractivity contribution is 6.09. The maximum absolute atomic E-state index is 14.1. The summed E-state index contributed by atoms with van der Waals surface area (Å²) in [7, 11) is 0. The van der Waals surface area contributed by atoms with Crippen LogP contribution in [0.25, 0.3) is 0 Å². The summed E-state index contributed by atoms with van der Waals surface area (Å²) in [5.41, 5.74) is 1.92. The van der Waals surface area contributed by atoms with Crippen molar-refractivity contribution in [1.82, 2.24) is 4.90 Å². The molecular formula is C40H39N5O7. The van der Waals surface area contributed by atoms with Crippen LogP contribution in [-0.2, 0) is 33.1 Å². The summed E-state index contributed by atoms with van der Waals surface area (Å²) in [6.07, 6.45) is 3.94. The summed E-state index contributed by atoms with van der Waals surface area (Å²) in [5, 5.41) is 39.4. The topological polar surface area (TPSA) is 157 Å². The number of aliphatic hydroxyl groups is 2. The van der Waals surface area contributed by atoms with Gasteiger partial charge in [0.15, 0.2) is 5.60 Å². The van der Waals surface area contributed by atoms with Crippen LogP contribution in [0.2, 0.25) is 0 Å². The Hall–Kier alpha value is -5.98. The number of non-ortho nitro benzene ring substituents is 1. The lowest BCUT2D eigenvalue weighted by atomic mass is 9.82. The summed E-state index contributed by atoms with van der Waals surface area (Å²) >= 11 is 0. The van der Waals surface area contributed by atoms with Crippen molar-refractivity contribution in [1.29, 1.82) is 0 Å². The molecule has 2 aliphatic heterocycles. The minimum absolute atomic E-state index is 0.0449. The lowest BCUT2D eigenvalue weighted by molar-refractivity contribution is -0.385. The Morgan fingerprint density at radius 3 is 2.35 bits per heavy atom. The number of aliphatic hydroxyl groups excluding tert-OH is 1. The number of fused-ring (bicyclic) bond motifs is 1. The van der Waals surface area contributed by atoms with E-state index in [1.54, 1.807) is 43.3 Å². The van der Waals surface area contributed by atoms with E-state index in [1.807, 2.05) is 60.7 Å². The van der Waals surface area contributed by atoms with Crippen LogP contribution in [-0.4, -0.2) is 56.6 Å². The van der Waals surface area contributed by atoms with Crippen LogP contribution in [0.4, 0.5) is 17.1 Å². The Kier molecular flexibility index (Phi) is 10.7. The van der Waals surface area contributed by atoms with Gasteiger partial charge in [0.05, 0.1) is 35.2 Å². The van der Waals surface area contributed by atoms with E-state index in [4.69, 9.17) is 0 Å². The minimum atomic E-state index is -2.15. The van der Waals surface area contributed by atoms with Crippen molar-refractivity contribution in [2.24, 2.45) is 11.0 Å². The fourth-order valence-electron chi connectivity index (χ4n) is 6.58. The van der Waals surface area contributed by atoms with Gasteiger partial charge in [-0.2, -0.15) is 5.10 Å². The highest BCUT2D eigenvalue weighted by Gasteiger charge is 2.53. The molecule has 2 aliphatic rings. The first-order valence-corrected chi connectivity index (χ1v) is 17.1. The number of hydrazone groups is 1. The second-order valence-corrected chi connectivity index (χ2v) is 12.8. The van der Waals surface area contributed by atoms with Gasteiger partial charge in [0.2, 0.25) is 11.8 Å². The molecule has 12 nitrogen and oxygen atoms in total. The highest BCUT2D eigenvalue weighted by atomic mass is 16.6. The number of hydrogen-bond acceptors (Lipinski definition) is 8. The second-order valence-electron chi connectivity index (χ2n) is 12.8. The lowest BCUT2D eigenvalue weighted by Crippen LogP contribution is -2.44. The average Bonchev–Trinajstić information content (AvgIpc) is 3.37. The number of nitro groups is 1. The number of hydrogen-bond donors (Lipinski definition) is 2. The molecule has 0 saturated carbocycles. The Morgan fingerprint density at radius 1 is 0.981 bits per heavy atom. The second kappa shape index (κ2) is 15.5. The summed E-state index contributed by atoms with van der Waals surface area (Å²) < 4.78 is 0. The Bertz CT molecular complexity index is 2020. The Morgan fingerprint density at radius 2 is 1.67 bits per heavy atom. The van der Waals surface area contributed by atoms with Gasteiger partial charge in [-0.05, 0) is 34.9 Å². The molecule has 0 aromatic heterocycles. The van der Waals surface area contributed by atoms with E-state index in [-0.39, 0.29) is 49.2 Å². The number of benzene rings is 4. The fourth-order valence-corrected chi connectivity index (χ4v) is 6.58. The molecule has 3 amide bonds. The van der Waals surface area contributed by atoms with Gasteiger partial charge in [-0.1, -0.05) is 91.9 Å². The third kappa shape index (κ3) is 7.39. The molecule has 2 atom stereocenters. The third-order valence-electron chi connectivity index (χ3n) is 9.44. The van der Waals surface area contributed by atoms with Crippen molar-refractivity contribution >= 4 is 40.5 Å². The normalized spacial score (nSPS) is 17.6. The Balaban J connectivity index is 1.21. The molecule has 2 heterocycles. The summed E-state index contributed by atoms with van der Waals surface area (Å²) in [6, 6.07) is 30.1. The molecule has 0 unspecified atom stereocenters. The van der Waals surface area contributed by atoms with Crippen molar-refractivity contribution in [2.45, 2.75) is 44.9 Å². The molecule has 4 aromatic carbocycles. The van der Waals surface area contributed by atoms with Gasteiger partial charge < -0.3 is 20.0 Å². The molecule has 12 heteroatoms. The molecule has 52 heavy (non-hydrogen) atoms. The zero-order valence-electron chi connectivity index (χ0n) is 28.7. The van der Waals surface area contributed by atoms with E-state index in [0.29, 0.717) is 36.3 Å². The van der Waals surface area contributed by atoms with Gasteiger partial charge in [0, 0.05) is 56.0 Å². The molecule has 0 bridgehead atoms. The van der Waals surface area contributed by atoms with Crippen LogP contribution in [0, 0.1) is 16.0 Å². The number of nitro benzene ring substituents is 1. The third-order valence-corrected chi connectivity index (χ3v) is 9.44. The molecule has 0 saturated heterocycles. The largest absolute Gasteiger partial charge is 0.395 e. The van der Waals surface area contributed by atoms with Crippen LogP contribution >= 0.6 is 0 Å². The lowest BCUT2D eigenvalue weighted by Gasteiger charge is -2.28. The van der Waals surface area contributed by atoms with Gasteiger partial charge in [0.25, 0.3) is 11.6 Å². The zero-order chi connectivity index (χ0) is 36.8. The standard InChI is InChI=1S/C40H39N5O7/c1-28(9-8-14-37(47)42(23-24-46)26-29-10-4-2-5-11-29)40(50)34-25-33(45(51)52)19-21-36(34)43(39(40)49)27-30-15-17-32(18-16-30)44-38(48)22-20-35(41-44)31-12-6-3-7-13-31/h2-13,15-19,21,25,28,46,50H,14,20,22-24,26-27H2,1H3/b9-8+/t28-,40+/m1/s1. The zero-order valence-corrected chi connectivity index (χ0v) is 28.7. The molecule has 0 spiro atoms. The molecule has 266 valence electrons. The molecule has 0 fully saturated rings. The maximum atomic E-state index is 14.1. The van der Waals surface area contributed by atoms with E-state index in [0.717, 1.165) is 16.8 Å². The van der Waals surface area contributed by atoms with Gasteiger partial charge in [-0.3, -0.25) is 24.5 Å². The van der Waals surface area contributed by atoms with E-state index >= 15 is 0 Å². The predicted molar refractivity (Wildman–Crippen MR) is 196 cm³/mol. The molecule has 0 radical (unpaired) electrons. The monoisotopic (exact) mass is 701 g/mol. The molecule has 2 N–H and O–H groups in total. The smallest absolute Gasteiger partial charge is 0.269 e. The SMILES string of the molecule is C[C@H](/C=C/CC(=O)N(CCO)Cc1ccccc1)[C@@]1(O)C(=O)N(Cc2ccc(N3N=C(c4ccccc4)CCC3=O)cc2)c2ccc([N+](=O)[O-])cc21. The van der Waals surface area contributed by atoms with Crippen molar-refractivity contribution in [3.8, 4) is 0 Å². The van der Waals surface area contributed by atoms with E-state index in [1.165, 1.54) is 33.0 Å². The summed E-state index contributed by atoms with van der Waals surface area (Å²) in [5.74, 6) is -1.92. The number of anilines is 2. The van der Waals surface area contributed by atoms with E-state index in [9.17, 15) is 34.7 Å². The minimum Gasteiger partial charge on any atom is -0.395 e. The van der Waals surface area contributed by atoms with Crippen molar-refractivity contribution in [3.63, 3.8) is 0 Å². The summed E-state index contributed by atoms with van der Waals surface area (Å²) in [6.45, 7) is 1.91. The van der Waals surface area contributed by atoms with Crippen molar-refractivity contribution in [2.75, 3.05) is 23.1 Å². The van der Waals surface area contributed by atoms with Crippen LogP contribution in [0.15, 0.2) is 120 Å². The molecular weight excluding hydrogens is 662 g/mol. The quantitative estimate of drug-likeness (QED) is 0.106. The first kappa shape index (κ1) is 35.8.